The highest BCUT2D eigenvalue weighted by Gasteiger charge is 2.15. The predicted molar refractivity (Wildman–Crippen MR) is 89.9 cm³/mol. The number of hydrogen-bond donors (Lipinski definition) is 1. The van der Waals surface area contributed by atoms with E-state index in [-0.39, 0.29) is 0 Å². The molecular weight excluding hydrogens is 260 g/mol. The molecule has 0 aliphatic rings. The van der Waals surface area contributed by atoms with Crippen molar-refractivity contribution in [1.29, 1.82) is 0 Å². The molecule has 21 heavy (non-hydrogen) atoms. The van der Waals surface area contributed by atoms with Crippen LogP contribution in [0.5, 0.6) is 0 Å². The fourth-order valence-electron chi connectivity index (χ4n) is 2.63. The first-order chi connectivity index (χ1) is 9.81. The van der Waals surface area contributed by atoms with Gasteiger partial charge in [0.25, 0.3) is 0 Å². The van der Waals surface area contributed by atoms with Crippen LogP contribution in [0, 0.1) is 19.8 Å². The van der Waals surface area contributed by atoms with E-state index in [4.69, 9.17) is 9.97 Å². The summed E-state index contributed by atoms with van der Waals surface area (Å²) >= 11 is 0. The van der Waals surface area contributed by atoms with Gasteiger partial charge in [0, 0.05) is 30.9 Å². The van der Waals surface area contributed by atoms with E-state index in [1.807, 2.05) is 0 Å². The summed E-state index contributed by atoms with van der Waals surface area (Å²) in [5.41, 5.74) is 3.57. The van der Waals surface area contributed by atoms with Crippen LogP contribution in [0.3, 0.4) is 0 Å². The molecule has 0 aromatic carbocycles. The highest BCUT2D eigenvalue weighted by Crippen LogP contribution is 2.21. The van der Waals surface area contributed by atoms with Gasteiger partial charge < -0.3 is 10.2 Å². The van der Waals surface area contributed by atoms with Crippen molar-refractivity contribution in [3.05, 3.63) is 22.8 Å². The van der Waals surface area contributed by atoms with Crippen molar-refractivity contribution in [3.8, 4) is 0 Å². The number of hydrogen-bond acceptors (Lipinski definition) is 4. The maximum Gasteiger partial charge on any atom is 0.130 e. The van der Waals surface area contributed by atoms with Crippen LogP contribution >= 0.6 is 0 Å². The van der Waals surface area contributed by atoms with Crippen LogP contribution in [-0.4, -0.2) is 48.6 Å². The van der Waals surface area contributed by atoms with Gasteiger partial charge in [0.2, 0.25) is 0 Å². The molecule has 120 valence electrons. The monoisotopic (exact) mass is 292 g/mol. The van der Waals surface area contributed by atoms with Crippen LogP contribution in [-0.2, 0) is 6.42 Å². The molecule has 1 heterocycles. The zero-order valence-corrected chi connectivity index (χ0v) is 14.8. The molecule has 1 aromatic heterocycles. The van der Waals surface area contributed by atoms with E-state index in [2.05, 4.69) is 58.9 Å². The van der Waals surface area contributed by atoms with Crippen molar-refractivity contribution in [2.75, 3.05) is 33.7 Å². The minimum absolute atomic E-state index is 0.451. The normalized spacial score (nSPS) is 13.2. The maximum absolute atomic E-state index is 4.70. The van der Waals surface area contributed by atoms with Gasteiger partial charge >= 0.3 is 0 Å². The molecule has 0 spiro atoms. The number of likely N-dealkylation sites (N-methyl/N-ethyl adjacent to an activating group) is 1. The highest BCUT2D eigenvalue weighted by atomic mass is 15.1. The molecule has 1 rings (SSSR count). The van der Waals surface area contributed by atoms with Crippen LogP contribution in [0.1, 0.15) is 49.5 Å². The lowest BCUT2D eigenvalue weighted by molar-refractivity contribution is 0.409. The van der Waals surface area contributed by atoms with Crippen LogP contribution < -0.4 is 5.32 Å². The van der Waals surface area contributed by atoms with Gasteiger partial charge in [-0.05, 0) is 51.9 Å². The molecule has 0 fully saturated rings. The van der Waals surface area contributed by atoms with E-state index in [1.165, 1.54) is 5.56 Å². The summed E-state index contributed by atoms with van der Waals surface area (Å²) in [5.74, 6) is 2.10. The van der Waals surface area contributed by atoms with Gasteiger partial charge in [0.1, 0.15) is 5.82 Å². The molecule has 1 unspecified atom stereocenters. The third-order valence-electron chi connectivity index (χ3n) is 3.65. The fraction of sp³-hybridized carbons (Fsp3) is 0.765. The quantitative estimate of drug-likeness (QED) is 0.799. The van der Waals surface area contributed by atoms with E-state index < -0.39 is 0 Å². The van der Waals surface area contributed by atoms with Crippen molar-refractivity contribution in [1.82, 2.24) is 20.2 Å². The molecule has 1 atom stereocenters. The Labute approximate surface area is 130 Å². The molecule has 4 nitrogen and oxygen atoms in total. The van der Waals surface area contributed by atoms with Gasteiger partial charge in [-0.15, -0.1) is 0 Å². The van der Waals surface area contributed by atoms with Gasteiger partial charge in [-0.1, -0.05) is 20.8 Å². The number of nitrogens with zero attached hydrogens (tertiary/aromatic N) is 3. The second-order valence-corrected chi connectivity index (χ2v) is 6.73. The summed E-state index contributed by atoms with van der Waals surface area (Å²) in [7, 11) is 4.16. The first-order valence-electron chi connectivity index (χ1n) is 8.00. The maximum atomic E-state index is 4.70. The molecule has 0 saturated carbocycles. The van der Waals surface area contributed by atoms with Gasteiger partial charge in [0.05, 0.1) is 0 Å². The molecule has 0 aliphatic carbocycles. The third kappa shape index (κ3) is 6.10. The largest absolute Gasteiger partial charge is 0.316 e. The number of aryl methyl sites for hydroxylation is 2. The second kappa shape index (κ2) is 8.44. The Morgan fingerprint density at radius 1 is 1.00 bits per heavy atom. The fourth-order valence-corrected chi connectivity index (χ4v) is 2.63. The lowest BCUT2D eigenvalue weighted by Gasteiger charge is -2.19. The van der Waals surface area contributed by atoms with Gasteiger partial charge in [-0.2, -0.15) is 0 Å². The number of rotatable bonds is 8. The molecule has 1 N–H and O–H groups in total. The molecular formula is C17H32N4. The molecule has 0 saturated heterocycles. The Morgan fingerprint density at radius 2 is 1.57 bits per heavy atom. The van der Waals surface area contributed by atoms with Crippen molar-refractivity contribution in [2.45, 2.75) is 47.0 Å². The van der Waals surface area contributed by atoms with Gasteiger partial charge in [-0.25, -0.2) is 9.97 Å². The molecule has 0 bridgehead atoms. The SMILES string of the molecule is Cc1nc(CCN(C)C)nc(C)c1C(C)CNCC(C)C. The Kier molecular flexibility index (Phi) is 7.26. The summed E-state index contributed by atoms with van der Waals surface area (Å²) in [6, 6.07) is 0. The number of nitrogens with one attached hydrogen (secondary N) is 1. The van der Waals surface area contributed by atoms with Crippen LogP contribution in [0.2, 0.25) is 0 Å². The molecule has 0 amide bonds. The van der Waals surface area contributed by atoms with E-state index >= 15 is 0 Å². The zero-order valence-electron chi connectivity index (χ0n) is 14.8. The topological polar surface area (TPSA) is 41.1 Å². The van der Waals surface area contributed by atoms with Crippen LogP contribution in [0.15, 0.2) is 0 Å². The summed E-state index contributed by atoms with van der Waals surface area (Å²) in [6.07, 6.45) is 0.912. The lowest BCUT2D eigenvalue weighted by atomic mass is 9.97. The molecule has 1 aromatic rings. The van der Waals surface area contributed by atoms with Crippen molar-refractivity contribution in [2.24, 2.45) is 5.92 Å². The third-order valence-corrected chi connectivity index (χ3v) is 3.65. The van der Waals surface area contributed by atoms with Crippen molar-refractivity contribution < 1.29 is 0 Å². The summed E-state index contributed by atoms with van der Waals surface area (Å²) in [4.78, 5) is 11.6. The van der Waals surface area contributed by atoms with Crippen molar-refractivity contribution in [3.63, 3.8) is 0 Å². The Balaban J connectivity index is 2.74. The molecule has 4 heteroatoms. The summed E-state index contributed by atoms with van der Waals surface area (Å²) < 4.78 is 0. The molecule has 0 radical (unpaired) electrons. The van der Waals surface area contributed by atoms with Gasteiger partial charge in [-0.3, -0.25) is 0 Å². The van der Waals surface area contributed by atoms with E-state index in [1.54, 1.807) is 0 Å². The lowest BCUT2D eigenvalue weighted by Crippen LogP contribution is -2.25. The minimum Gasteiger partial charge on any atom is -0.316 e. The first-order valence-corrected chi connectivity index (χ1v) is 8.00. The highest BCUT2D eigenvalue weighted by molar-refractivity contribution is 5.28. The number of aromatic nitrogens is 2. The van der Waals surface area contributed by atoms with E-state index in [9.17, 15) is 0 Å². The first kappa shape index (κ1) is 18.1. The van der Waals surface area contributed by atoms with Crippen molar-refractivity contribution >= 4 is 0 Å². The average Bonchev–Trinajstić information content (AvgIpc) is 2.35. The minimum atomic E-state index is 0.451. The second-order valence-electron chi connectivity index (χ2n) is 6.73. The zero-order chi connectivity index (χ0) is 16.0. The standard InChI is InChI=1S/C17H32N4/c1-12(2)10-18-11-13(3)17-14(4)19-16(20-15(17)5)8-9-21(6)7/h12-13,18H,8-11H2,1-7H3. The van der Waals surface area contributed by atoms with Gasteiger partial charge in [0.15, 0.2) is 0 Å². The van der Waals surface area contributed by atoms with E-state index in [0.717, 1.165) is 43.3 Å². The summed E-state index contributed by atoms with van der Waals surface area (Å²) in [6.45, 7) is 14.0. The van der Waals surface area contributed by atoms with Crippen LogP contribution in [0.25, 0.3) is 0 Å². The smallest absolute Gasteiger partial charge is 0.130 e. The summed E-state index contributed by atoms with van der Waals surface area (Å²) in [5, 5.41) is 3.53. The molecule has 0 aliphatic heterocycles. The Bertz CT molecular complexity index is 417. The Hall–Kier alpha value is -1.00. The predicted octanol–water partition coefficient (Wildman–Crippen LogP) is 2.55. The van der Waals surface area contributed by atoms with Crippen LogP contribution in [0.4, 0.5) is 0 Å². The van der Waals surface area contributed by atoms with E-state index in [0.29, 0.717) is 11.8 Å². The average molecular weight is 292 g/mol. The Morgan fingerprint density at radius 3 is 2.05 bits per heavy atom.